The Bertz CT molecular complexity index is 935. The highest BCUT2D eigenvalue weighted by Crippen LogP contribution is 2.46. The molecule has 0 spiro atoms. The number of hydrogen-bond acceptors (Lipinski definition) is 4. The summed E-state index contributed by atoms with van der Waals surface area (Å²) in [7, 11) is 0. The molecule has 0 saturated heterocycles. The van der Waals surface area contributed by atoms with Gasteiger partial charge in [-0.15, -0.1) is 0 Å². The Hall–Kier alpha value is -2.88. The number of aryl methyl sites for hydroxylation is 3. The average molecular weight is 343 g/mol. The van der Waals surface area contributed by atoms with Gasteiger partial charge in [0.2, 0.25) is 0 Å². The molecular weight excluding hydrogens is 322 g/mol. The van der Waals surface area contributed by atoms with Gasteiger partial charge < -0.3 is 4.74 Å². The summed E-state index contributed by atoms with van der Waals surface area (Å²) in [5.41, 5.74) is 6.15. The minimum absolute atomic E-state index is 0.765. The molecule has 0 saturated carbocycles. The molecule has 0 N–H and O–H groups in total. The van der Waals surface area contributed by atoms with Gasteiger partial charge in [0.1, 0.15) is 17.4 Å². The Balaban J connectivity index is 1.79. The number of ether oxygens (including phenoxy) is 1. The van der Waals surface area contributed by atoms with Crippen LogP contribution in [0, 0.1) is 6.92 Å². The molecule has 0 fully saturated rings. The van der Waals surface area contributed by atoms with Crippen molar-refractivity contribution in [3.63, 3.8) is 0 Å². The molecule has 0 aliphatic carbocycles. The zero-order valence-electron chi connectivity index (χ0n) is 14.9. The van der Waals surface area contributed by atoms with Crippen LogP contribution in [0.2, 0.25) is 0 Å². The minimum Gasteiger partial charge on any atom is -0.491 e. The second-order valence-corrected chi connectivity index (χ2v) is 6.97. The van der Waals surface area contributed by atoms with E-state index in [0.29, 0.717) is 0 Å². The van der Waals surface area contributed by atoms with Gasteiger partial charge in [-0.25, -0.2) is 9.97 Å². The van der Waals surface area contributed by atoms with Gasteiger partial charge in [0.05, 0.1) is 12.3 Å². The smallest absolute Gasteiger partial charge is 0.146 e. The Labute approximate surface area is 153 Å². The summed E-state index contributed by atoms with van der Waals surface area (Å²) < 4.78 is 6.16. The van der Waals surface area contributed by atoms with Crippen LogP contribution in [0.4, 0.5) is 17.3 Å². The molecule has 3 aromatic rings. The molecule has 4 nitrogen and oxygen atoms in total. The van der Waals surface area contributed by atoms with Crippen LogP contribution in [0.15, 0.2) is 48.8 Å². The number of fused-ring (bicyclic) bond motifs is 3. The number of rotatable bonds is 1. The van der Waals surface area contributed by atoms with Crippen LogP contribution in [0.5, 0.6) is 5.75 Å². The first-order valence-electron chi connectivity index (χ1n) is 9.26. The maximum atomic E-state index is 6.16. The van der Waals surface area contributed by atoms with E-state index in [9.17, 15) is 0 Å². The van der Waals surface area contributed by atoms with E-state index in [0.717, 1.165) is 55.4 Å². The fourth-order valence-electron chi connectivity index (χ4n) is 4.04. The predicted octanol–water partition coefficient (Wildman–Crippen LogP) is 4.68. The van der Waals surface area contributed by atoms with Crippen LogP contribution in [0.3, 0.4) is 0 Å². The van der Waals surface area contributed by atoms with Gasteiger partial charge in [-0.2, -0.15) is 0 Å². The number of nitrogens with zero attached hydrogens (tertiary/aromatic N) is 3. The van der Waals surface area contributed by atoms with Gasteiger partial charge in [0.15, 0.2) is 0 Å². The molecule has 2 aliphatic heterocycles. The number of pyridine rings is 2. The predicted molar refractivity (Wildman–Crippen MR) is 103 cm³/mol. The topological polar surface area (TPSA) is 38.2 Å². The van der Waals surface area contributed by atoms with E-state index in [2.05, 4.69) is 36.1 Å². The molecule has 0 unspecified atom stereocenters. The molecule has 0 bridgehead atoms. The summed E-state index contributed by atoms with van der Waals surface area (Å²) in [6.45, 7) is 2.93. The van der Waals surface area contributed by atoms with E-state index < -0.39 is 0 Å². The van der Waals surface area contributed by atoms with Crippen molar-refractivity contribution >= 4 is 17.3 Å². The van der Waals surface area contributed by atoms with E-state index in [1.54, 1.807) is 0 Å². The monoisotopic (exact) mass is 343 g/mol. The number of anilines is 3. The maximum Gasteiger partial charge on any atom is 0.146 e. The molecule has 2 aliphatic rings. The molecule has 4 heterocycles. The third-order valence-electron chi connectivity index (χ3n) is 5.35. The second kappa shape index (κ2) is 6.13. The summed E-state index contributed by atoms with van der Waals surface area (Å²) in [5, 5.41) is 0. The van der Waals surface area contributed by atoms with Gasteiger partial charge in [-0.1, -0.05) is 18.2 Å². The van der Waals surface area contributed by atoms with Gasteiger partial charge >= 0.3 is 0 Å². The third-order valence-corrected chi connectivity index (χ3v) is 5.35. The fraction of sp³-hybridized carbons (Fsp3) is 0.273. The van der Waals surface area contributed by atoms with Gasteiger partial charge in [-0.05, 0) is 73.1 Å². The molecule has 26 heavy (non-hydrogen) atoms. The highest BCUT2D eigenvalue weighted by atomic mass is 16.5. The van der Waals surface area contributed by atoms with E-state index >= 15 is 0 Å². The Morgan fingerprint density at radius 1 is 0.885 bits per heavy atom. The molecule has 1 aromatic carbocycles. The lowest BCUT2D eigenvalue weighted by Gasteiger charge is -2.30. The standard InChI is InChI=1S/C22H21N3O/c1-15-8-11-19(20-18(15)7-4-14-26-20)25-21-16(5-2-12-23-21)9-10-17-6-3-13-24-22(17)25/h2-3,5-6,8,11-13H,4,7,9-10,14H2,1H3. The molecule has 2 aromatic heterocycles. The van der Waals surface area contributed by atoms with Crippen molar-refractivity contribution in [2.45, 2.75) is 32.6 Å². The Morgan fingerprint density at radius 2 is 1.58 bits per heavy atom. The second-order valence-electron chi connectivity index (χ2n) is 6.97. The zero-order chi connectivity index (χ0) is 17.5. The van der Waals surface area contributed by atoms with Crippen molar-refractivity contribution in [1.29, 1.82) is 0 Å². The van der Waals surface area contributed by atoms with Crippen molar-refractivity contribution in [2.24, 2.45) is 0 Å². The molecule has 4 heteroatoms. The van der Waals surface area contributed by atoms with E-state index in [1.165, 1.54) is 22.3 Å². The third kappa shape index (κ3) is 2.37. The largest absolute Gasteiger partial charge is 0.491 e. The van der Waals surface area contributed by atoms with Crippen LogP contribution in [0.1, 0.15) is 28.7 Å². The van der Waals surface area contributed by atoms with Gasteiger partial charge in [0.25, 0.3) is 0 Å². The summed E-state index contributed by atoms with van der Waals surface area (Å²) in [4.78, 5) is 11.7. The number of aromatic nitrogens is 2. The number of benzene rings is 1. The quantitative estimate of drug-likeness (QED) is 0.643. The van der Waals surface area contributed by atoms with Crippen LogP contribution in [0.25, 0.3) is 0 Å². The summed E-state index contributed by atoms with van der Waals surface area (Å²) in [6.07, 6.45) is 7.79. The highest BCUT2D eigenvalue weighted by molar-refractivity contribution is 5.81. The van der Waals surface area contributed by atoms with E-state index in [4.69, 9.17) is 14.7 Å². The highest BCUT2D eigenvalue weighted by Gasteiger charge is 2.28. The normalized spacial score (nSPS) is 15.3. The molecular formula is C22H21N3O. The fourth-order valence-corrected chi connectivity index (χ4v) is 4.04. The Kier molecular flexibility index (Phi) is 3.63. The minimum atomic E-state index is 0.765. The lowest BCUT2D eigenvalue weighted by Crippen LogP contribution is -2.19. The van der Waals surface area contributed by atoms with E-state index in [-0.39, 0.29) is 0 Å². The van der Waals surface area contributed by atoms with Crippen molar-refractivity contribution in [3.05, 3.63) is 71.0 Å². The lowest BCUT2D eigenvalue weighted by atomic mass is 9.99. The molecule has 130 valence electrons. The van der Waals surface area contributed by atoms with Gasteiger partial charge in [0, 0.05) is 12.4 Å². The van der Waals surface area contributed by atoms with Crippen LogP contribution < -0.4 is 9.64 Å². The van der Waals surface area contributed by atoms with Crippen LogP contribution >= 0.6 is 0 Å². The van der Waals surface area contributed by atoms with Crippen molar-refractivity contribution in [1.82, 2.24) is 9.97 Å². The summed E-state index contributed by atoms with van der Waals surface area (Å²) >= 11 is 0. The van der Waals surface area contributed by atoms with Crippen molar-refractivity contribution in [3.8, 4) is 5.75 Å². The zero-order valence-corrected chi connectivity index (χ0v) is 14.9. The molecule has 0 amide bonds. The SMILES string of the molecule is Cc1ccc(N2c3ncccc3CCc3cccnc32)c2c1CCCO2. The molecule has 0 atom stereocenters. The summed E-state index contributed by atoms with van der Waals surface area (Å²) in [5.74, 6) is 2.92. The molecule has 5 rings (SSSR count). The first-order chi connectivity index (χ1) is 12.8. The lowest BCUT2D eigenvalue weighted by molar-refractivity contribution is 0.289. The van der Waals surface area contributed by atoms with E-state index in [1.807, 2.05) is 24.5 Å². The summed E-state index contributed by atoms with van der Waals surface area (Å²) in [6, 6.07) is 12.7. The van der Waals surface area contributed by atoms with Crippen LogP contribution in [-0.2, 0) is 19.3 Å². The van der Waals surface area contributed by atoms with Crippen molar-refractivity contribution < 1.29 is 4.74 Å². The molecule has 0 radical (unpaired) electrons. The van der Waals surface area contributed by atoms with Crippen LogP contribution in [-0.4, -0.2) is 16.6 Å². The first-order valence-corrected chi connectivity index (χ1v) is 9.26. The Morgan fingerprint density at radius 3 is 2.27 bits per heavy atom. The first kappa shape index (κ1) is 15.4. The van der Waals surface area contributed by atoms with Gasteiger partial charge in [-0.3, -0.25) is 4.90 Å². The maximum absolute atomic E-state index is 6.16. The van der Waals surface area contributed by atoms with Crippen molar-refractivity contribution in [2.75, 3.05) is 11.5 Å². The average Bonchev–Trinajstić information content (AvgIpc) is 2.86. The number of hydrogen-bond donors (Lipinski definition) is 0.